The number of pyridine rings is 1. The van der Waals surface area contributed by atoms with Crippen molar-refractivity contribution in [2.24, 2.45) is 0 Å². The highest BCUT2D eigenvalue weighted by molar-refractivity contribution is 9.11. The van der Waals surface area contributed by atoms with Crippen molar-refractivity contribution in [1.29, 1.82) is 0 Å². The molecule has 4 nitrogen and oxygen atoms in total. The fourth-order valence-corrected chi connectivity index (χ4v) is 3.34. The molecule has 19 heavy (non-hydrogen) atoms. The van der Waals surface area contributed by atoms with E-state index in [0.717, 1.165) is 47.1 Å². The summed E-state index contributed by atoms with van der Waals surface area (Å²) >= 11 is 6.91. The third kappa shape index (κ3) is 4.26. The van der Waals surface area contributed by atoms with Crippen LogP contribution in [0.1, 0.15) is 25.5 Å². The summed E-state index contributed by atoms with van der Waals surface area (Å²) in [6, 6.07) is 2.47. The molecule has 1 N–H and O–H groups in total. The molecule has 104 valence electrons. The molecule has 0 atom stereocenters. The van der Waals surface area contributed by atoms with Gasteiger partial charge in [0.05, 0.1) is 5.69 Å². The lowest BCUT2D eigenvalue weighted by Crippen LogP contribution is -2.44. The van der Waals surface area contributed by atoms with E-state index in [1.165, 1.54) is 0 Å². The Labute approximate surface area is 130 Å². The number of likely N-dealkylation sites (tertiary alicyclic amines) is 1. The number of amides is 1. The molecule has 2 rings (SSSR count). The minimum atomic E-state index is 0.177. The second-order valence-corrected chi connectivity index (χ2v) is 6.51. The largest absolute Gasteiger partial charge is 0.343 e. The normalized spacial score (nSPS) is 16.7. The SMILES string of the molecule is CC(=O)N1CCC(NCc2ncc(Br)cc2Br)CC1. The highest BCUT2D eigenvalue weighted by atomic mass is 79.9. The van der Waals surface area contributed by atoms with E-state index in [2.05, 4.69) is 42.2 Å². The first-order valence-corrected chi connectivity index (χ1v) is 7.93. The van der Waals surface area contributed by atoms with E-state index >= 15 is 0 Å². The van der Waals surface area contributed by atoms with Gasteiger partial charge in [0.25, 0.3) is 0 Å². The van der Waals surface area contributed by atoms with Crippen molar-refractivity contribution in [2.45, 2.75) is 32.4 Å². The lowest BCUT2D eigenvalue weighted by Gasteiger charge is -2.31. The second-order valence-electron chi connectivity index (χ2n) is 4.74. The summed E-state index contributed by atoms with van der Waals surface area (Å²) in [4.78, 5) is 17.5. The number of nitrogens with one attached hydrogen (secondary N) is 1. The summed E-state index contributed by atoms with van der Waals surface area (Å²) in [6.45, 7) is 4.08. The Kier molecular flexibility index (Phi) is 5.36. The zero-order chi connectivity index (χ0) is 13.8. The summed E-state index contributed by atoms with van der Waals surface area (Å²) in [5.41, 5.74) is 1.01. The summed E-state index contributed by atoms with van der Waals surface area (Å²) in [5, 5.41) is 3.51. The molecule has 0 spiro atoms. The van der Waals surface area contributed by atoms with E-state index in [1.54, 1.807) is 13.1 Å². The van der Waals surface area contributed by atoms with Crippen LogP contribution in [-0.2, 0) is 11.3 Å². The van der Waals surface area contributed by atoms with Crippen molar-refractivity contribution in [1.82, 2.24) is 15.2 Å². The Morgan fingerprint density at radius 2 is 2.16 bits per heavy atom. The van der Waals surface area contributed by atoms with Crippen molar-refractivity contribution < 1.29 is 4.79 Å². The molecule has 1 aliphatic rings. The van der Waals surface area contributed by atoms with Gasteiger partial charge in [0.15, 0.2) is 0 Å². The van der Waals surface area contributed by atoms with Gasteiger partial charge in [-0.25, -0.2) is 0 Å². The predicted molar refractivity (Wildman–Crippen MR) is 81.8 cm³/mol. The highest BCUT2D eigenvalue weighted by Gasteiger charge is 2.20. The Hall–Kier alpha value is -0.460. The first-order chi connectivity index (χ1) is 9.06. The number of rotatable bonds is 3. The standard InChI is InChI=1S/C13H17Br2N3O/c1-9(19)18-4-2-11(3-5-18)16-8-13-12(15)6-10(14)7-17-13/h6-7,11,16H,2-5,8H2,1H3. The highest BCUT2D eigenvalue weighted by Crippen LogP contribution is 2.20. The Bertz CT molecular complexity index is 459. The molecule has 0 unspecified atom stereocenters. The summed E-state index contributed by atoms with van der Waals surface area (Å²) in [5.74, 6) is 0.177. The number of hydrogen-bond donors (Lipinski definition) is 1. The number of carbonyl (C=O) groups is 1. The van der Waals surface area contributed by atoms with Crippen molar-refractivity contribution in [3.63, 3.8) is 0 Å². The van der Waals surface area contributed by atoms with Crippen LogP contribution in [0.25, 0.3) is 0 Å². The van der Waals surface area contributed by atoms with Crippen LogP contribution in [0.3, 0.4) is 0 Å². The quantitative estimate of drug-likeness (QED) is 0.862. The van der Waals surface area contributed by atoms with Crippen molar-refractivity contribution >= 4 is 37.8 Å². The molecule has 0 bridgehead atoms. The molecule has 1 saturated heterocycles. The van der Waals surface area contributed by atoms with Gasteiger partial charge in [0.2, 0.25) is 5.91 Å². The molecule has 0 radical (unpaired) electrons. The van der Waals surface area contributed by atoms with Gasteiger partial charge < -0.3 is 10.2 Å². The monoisotopic (exact) mass is 389 g/mol. The first kappa shape index (κ1) is 14.9. The maximum absolute atomic E-state index is 11.2. The van der Waals surface area contributed by atoms with Gasteiger partial charge in [-0.1, -0.05) is 0 Å². The molecule has 0 aliphatic carbocycles. The van der Waals surface area contributed by atoms with Crippen LogP contribution in [0.2, 0.25) is 0 Å². The topological polar surface area (TPSA) is 45.2 Å². The van der Waals surface area contributed by atoms with E-state index in [-0.39, 0.29) is 5.91 Å². The Balaban J connectivity index is 1.82. The molecular weight excluding hydrogens is 374 g/mol. The van der Waals surface area contributed by atoms with Crippen LogP contribution in [0.15, 0.2) is 21.2 Å². The van der Waals surface area contributed by atoms with Gasteiger partial charge in [-0.3, -0.25) is 9.78 Å². The summed E-state index contributed by atoms with van der Waals surface area (Å²) < 4.78 is 1.98. The van der Waals surface area contributed by atoms with E-state index in [9.17, 15) is 4.79 Å². The Morgan fingerprint density at radius 1 is 1.47 bits per heavy atom. The molecule has 0 aromatic carbocycles. The van der Waals surface area contributed by atoms with Crippen molar-refractivity contribution in [3.8, 4) is 0 Å². The van der Waals surface area contributed by atoms with Gasteiger partial charge >= 0.3 is 0 Å². The van der Waals surface area contributed by atoms with Crippen LogP contribution >= 0.6 is 31.9 Å². The fourth-order valence-electron chi connectivity index (χ4n) is 2.21. The molecule has 1 aromatic rings. The second kappa shape index (κ2) is 6.81. The van der Waals surface area contributed by atoms with E-state index in [1.807, 2.05) is 11.0 Å². The van der Waals surface area contributed by atoms with Gasteiger partial charge in [0, 0.05) is 47.7 Å². The van der Waals surface area contributed by atoms with Crippen LogP contribution in [0.5, 0.6) is 0 Å². The molecule has 1 fully saturated rings. The zero-order valence-electron chi connectivity index (χ0n) is 10.8. The minimum Gasteiger partial charge on any atom is -0.343 e. The Morgan fingerprint density at radius 3 is 2.74 bits per heavy atom. The summed E-state index contributed by atoms with van der Waals surface area (Å²) in [6.07, 6.45) is 3.82. The molecule has 2 heterocycles. The molecule has 1 amide bonds. The average molecular weight is 391 g/mol. The first-order valence-electron chi connectivity index (χ1n) is 6.35. The smallest absolute Gasteiger partial charge is 0.219 e. The number of hydrogen-bond acceptors (Lipinski definition) is 3. The van der Waals surface area contributed by atoms with Crippen molar-refractivity contribution in [2.75, 3.05) is 13.1 Å². The van der Waals surface area contributed by atoms with Gasteiger partial charge in [0.1, 0.15) is 0 Å². The van der Waals surface area contributed by atoms with Crippen LogP contribution in [-0.4, -0.2) is 34.9 Å². The van der Waals surface area contributed by atoms with Crippen LogP contribution < -0.4 is 5.32 Å². The maximum atomic E-state index is 11.2. The molecule has 1 aliphatic heterocycles. The summed E-state index contributed by atoms with van der Waals surface area (Å²) in [7, 11) is 0. The van der Waals surface area contributed by atoms with Gasteiger partial charge in [-0.05, 0) is 50.8 Å². The lowest BCUT2D eigenvalue weighted by molar-refractivity contribution is -0.129. The lowest BCUT2D eigenvalue weighted by atomic mass is 10.0. The number of nitrogens with zero attached hydrogens (tertiary/aromatic N) is 2. The molecular formula is C13H17Br2N3O. The van der Waals surface area contributed by atoms with E-state index < -0.39 is 0 Å². The number of carbonyl (C=O) groups excluding carboxylic acids is 1. The fraction of sp³-hybridized carbons (Fsp3) is 0.538. The van der Waals surface area contributed by atoms with Gasteiger partial charge in [-0.2, -0.15) is 0 Å². The van der Waals surface area contributed by atoms with Gasteiger partial charge in [-0.15, -0.1) is 0 Å². The number of piperidine rings is 1. The van der Waals surface area contributed by atoms with Crippen LogP contribution in [0, 0.1) is 0 Å². The third-order valence-corrected chi connectivity index (χ3v) is 4.50. The number of aromatic nitrogens is 1. The van der Waals surface area contributed by atoms with E-state index in [4.69, 9.17) is 0 Å². The third-order valence-electron chi connectivity index (χ3n) is 3.38. The predicted octanol–water partition coefficient (Wildman–Crippen LogP) is 2.71. The average Bonchev–Trinajstić information content (AvgIpc) is 2.38. The molecule has 6 heteroatoms. The minimum absolute atomic E-state index is 0.177. The maximum Gasteiger partial charge on any atom is 0.219 e. The molecule has 1 aromatic heterocycles. The van der Waals surface area contributed by atoms with E-state index in [0.29, 0.717) is 6.04 Å². The number of halogens is 2. The van der Waals surface area contributed by atoms with Crippen molar-refractivity contribution in [3.05, 3.63) is 26.9 Å². The van der Waals surface area contributed by atoms with Crippen LogP contribution in [0.4, 0.5) is 0 Å². The molecule has 0 saturated carbocycles. The zero-order valence-corrected chi connectivity index (χ0v) is 14.0.